The normalized spacial score (nSPS) is 24.9. The van der Waals surface area contributed by atoms with Gasteiger partial charge in [0.25, 0.3) is 0 Å². The average molecular weight is 528 g/mol. The monoisotopic (exact) mass is 527 g/mol. The van der Waals surface area contributed by atoms with E-state index in [1.165, 1.54) is 0 Å². The summed E-state index contributed by atoms with van der Waals surface area (Å²) < 4.78 is 10.3. The number of primary amides is 1. The molecule has 0 aromatic heterocycles. The Labute approximate surface area is 217 Å². The van der Waals surface area contributed by atoms with Crippen LogP contribution in [0.15, 0.2) is 0 Å². The molecular formula is C24H41N5O8. The van der Waals surface area contributed by atoms with Crippen molar-refractivity contribution in [2.24, 2.45) is 23.5 Å². The first-order chi connectivity index (χ1) is 17.6. The zero-order valence-electron chi connectivity index (χ0n) is 21.8. The molecule has 2 aliphatic heterocycles. The van der Waals surface area contributed by atoms with Crippen LogP contribution in [0.5, 0.6) is 0 Å². The lowest BCUT2D eigenvalue weighted by molar-refractivity contribution is -0.138. The number of hydroxylamine groups is 2. The predicted molar refractivity (Wildman–Crippen MR) is 131 cm³/mol. The van der Waals surface area contributed by atoms with E-state index in [0.29, 0.717) is 50.6 Å². The number of carbonyl (C=O) groups excluding carboxylic acids is 5. The van der Waals surface area contributed by atoms with E-state index in [1.807, 2.05) is 13.8 Å². The molecule has 37 heavy (non-hydrogen) atoms. The van der Waals surface area contributed by atoms with Crippen molar-refractivity contribution in [1.82, 2.24) is 20.6 Å². The fourth-order valence-corrected chi connectivity index (χ4v) is 4.50. The first kappa shape index (κ1) is 30.3. The lowest BCUT2D eigenvalue weighted by atomic mass is 9.81. The number of rotatable bonds is 6. The Morgan fingerprint density at radius 2 is 1.78 bits per heavy atom. The second-order valence-electron chi connectivity index (χ2n) is 9.89. The predicted octanol–water partition coefficient (Wildman–Crippen LogP) is 0.00190. The number of nitrogens with two attached hydrogens (primary N) is 1. The molecule has 5 amide bonds. The third kappa shape index (κ3) is 10.2. The topological polar surface area (TPSA) is 181 Å². The molecule has 0 aromatic rings. The number of hydrogen-bond donors (Lipinski definition) is 4. The third-order valence-electron chi connectivity index (χ3n) is 6.53. The van der Waals surface area contributed by atoms with E-state index in [4.69, 9.17) is 15.2 Å². The van der Waals surface area contributed by atoms with Crippen LogP contribution in [-0.4, -0.2) is 96.9 Å². The highest BCUT2D eigenvalue weighted by Gasteiger charge is 2.35. The highest BCUT2D eigenvalue weighted by Crippen LogP contribution is 2.26. The number of carbonyl (C=O) groups is 5. The number of nitrogens with zero attached hydrogens (tertiary/aromatic N) is 2. The molecule has 3 unspecified atom stereocenters. The van der Waals surface area contributed by atoms with Crippen LogP contribution in [0.2, 0.25) is 0 Å². The number of hydrogen-bond acceptors (Lipinski definition) is 8. The van der Waals surface area contributed by atoms with Gasteiger partial charge in [0, 0.05) is 24.9 Å². The van der Waals surface area contributed by atoms with Gasteiger partial charge in [0.2, 0.25) is 23.6 Å². The smallest absolute Gasteiger partial charge is 0.433 e. The molecule has 0 aromatic carbocycles. The van der Waals surface area contributed by atoms with E-state index in [-0.39, 0.29) is 50.8 Å². The van der Waals surface area contributed by atoms with E-state index >= 15 is 0 Å². The lowest BCUT2D eigenvalue weighted by Crippen LogP contribution is -2.52. The number of amides is 5. The third-order valence-corrected chi connectivity index (χ3v) is 6.53. The van der Waals surface area contributed by atoms with Gasteiger partial charge in [-0.15, -0.1) is 0 Å². The van der Waals surface area contributed by atoms with Gasteiger partial charge >= 0.3 is 6.09 Å². The minimum Gasteiger partial charge on any atom is -0.448 e. The molecule has 13 heteroatoms. The van der Waals surface area contributed by atoms with Crippen molar-refractivity contribution in [2.45, 2.75) is 58.4 Å². The lowest BCUT2D eigenvalue weighted by Gasteiger charge is -2.29. The largest absolute Gasteiger partial charge is 0.448 e. The zero-order chi connectivity index (χ0) is 27.4. The van der Waals surface area contributed by atoms with Crippen LogP contribution in [-0.2, 0) is 28.7 Å². The van der Waals surface area contributed by atoms with Gasteiger partial charge < -0.3 is 30.7 Å². The maximum atomic E-state index is 13.4. The summed E-state index contributed by atoms with van der Waals surface area (Å²) in [6, 6.07) is -0.975. The average Bonchev–Trinajstić information content (AvgIpc) is 2.87. The Hall–Kier alpha value is -2.93. The van der Waals surface area contributed by atoms with Crippen LogP contribution < -0.4 is 16.4 Å². The summed E-state index contributed by atoms with van der Waals surface area (Å²) >= 11 is 0. The molecule has 2 fully saturated rings. The summed E-state index contributed by atoms with van der Waals surface area (Å²) in [6.45, 7) is 5.31. The highest BCUT2D eigenvalue weighted by molar-refractivity contribution is 5.92. The molecule has 210 valence electrons. The van der Waals surface area contributed by atoms with Crippen LogP contribution in [0.3, 0.4) is 0 Å². The summed E-state index contributed by atoms with van der Waals surface area (Å²) in [5.41, 5.74) is 5.65. The van der Waals surface area contributed by atoms with Gasteiger partial charge in [-0.05, 0) is 44.4 Å². The molecule has 0 aliphatic carbocycles. The Kier molecular flexibility index (Phi) is 12.6. The first-order valence-corrected chi connectivity index (χ1v) is 13.0. The number of ether oxygens (including phenoxy) is 2. The fraction of sp³-hybridized carbons (Fsp3) is 0.792. The number of nitrogens with one attached hydrogen (secondary N) is 2. The molecule has 0 bridgehead atoms. The van der Waals surface area contributed by atoms with Crippen molar-refractivity contribution in [3.8, 4) is 0 Å². The summed E-state index contributed by atoms with van der Waals surface area (Å²) in [5, 5.41) is 15.7. The van der Waals surface area contributed by atoms with Gasteiger partial charge in [-0.3, -0.25) is 24.4 Å². The molecule has 2 rings (SSSR count). The van der Waals surface area contributed by atoms with Gasteiger partial charge in [0.1, 0.15) is 6.04 Å². The molecule has 2 saturated heterocycles. The summed E-state index contributed by atoms with van der Waals surface area (Å²) in [7, 11) is 0. The van der Waals surface area contributed by atoms with Gasteiger partial charge in [-0.2, -0.15) is 5.06 Å². The molecule has 3 atom stereocenters. The van der Waals surface area contributed by atoms with Crippen LogP contribution in [0.4, 0.5) is 4.79 Å². The Balaban J connectivity index is 2.17. The Bertz CT molecular complexity index is 802. The number of morpholine rings is 1. The van der Waals surface area contributed by atoms with E-state index in [0.717, 1.165) is 0 Å². The minimum atomic E-state index is -0.975. The first-order valence-electron chi connectivity index (χ1n) is 13.0. The second-order valence-corrected chi connectivity index (χ2v) is 9.89. The van der Waals surface area contributed by atoms with E-state index in [1.54, 1.807) is 4.90 Å². The van der Waals surface area contributed by atoms with Crippen molar-refractivity contribution in [1.29, 1.82) is 0 Å². The summed E-state index contributed by atoms with van der Waals surface area (Å²) in [6.07, 6.45) is 0.849. The highest BCUT2D eigenvalue weighted by atomic mass is 16.6. The summed E-state index contributed by atoms with van der Waals surface area (Å²) in [5.74, 6) is -3.44. The van der Waals surface area contributed by atoms with Crippen molar-refractivity contribution >= 4 is 29.7 Å². The maximum absolute atomic E-state index is 13.4. The fourth-order valence-electron chi connectivity index (χ4n) is 4.50. The molecular weight excluding hydrogens is 486 g/mol. The van der Waals surface area contributed by atoms with E-state index in [2.05, 4.69) is 10.6 Å². The molecule has 13 nitrogen and oxygen atoms in total. The van der Waals surface area contributed by atoms with Crippen LogP contribution in [0.25, 0.3) is 0 Å². The van der Waals surface area contributed by atoms with Crippen molar-refractivity contribution < 1.29 is 38.7 Å². The quantitative estimate of drug-likeness (QED) is 0.348. The number of cyclic esters (lactones) is 1. The van der Waals surface area contributed by atoms with Gasteiger partial charge in [0.05, 0.1) is 32.9 Å². The van der Waals surface area contributed by atoms with Crippen molar-refractivity contribution in [3.63, 3.8) is 0 Å². The minimum absolute atomic E-state index is 0.0173. The molecule has 0 spiro atoms. The Morgan fingerprint density at radius 3 is 2.43 bits per heavy atom. The van der Waals surface area contributed by atoms with Crippen LogP contribution in [0, 0.1) is 17.8 Å². The molecule has 0 radical (unpaired) electrons. The van der Waals surface area contributed by atoms with Crippen molar-refractivity contribution in [2.75, 3.05) is 46.0 Å². The van der Waals surface area contributed by atoms with Crippen molar-refractivity contribution in [3.05, 3.63) is 0 Å². The van der Waals surface area contributed by atoms with Crippen LogP contribution in [0.1, 0.15) is 52.4 Å². The second kappa shape index (κ2) is 15.4. The van der Waals surface area contributed by atoms with Crippen LogP contribution >= 0.6 is 0 Å². The molecule has 0 saturated carbocycles. The van der Waals surface area contributed by atoms with Gasteiger partial charge in [0.15, 0.2) is 0 Å². The SMILES string of the molecule is CC(C)CC1C(=O)NC(C(=O)NCC(=O)N2CCOCC2)CCCCN(O)C(=O)OCCCC1C(N)=O. The van der Waals surface area contributed by atoms with E-state index < -0.39 is 41.7 Å². The Morgan fingerprint density at radius 1 is 1.08 bits per heavy atom. The molecule has 5 N–H and O–H groups in total. The standard InChI is InChI=1S/C24H41N5O8/c1-16(2)14-18-17(21(25)31)6-5-11-37-24(34)29(35)8-4-3-7-19(27-22(18)32)23(33)26-15-20(30)28-9-12-36-13-10-28/h16-19,35H,3-15H2,1-2H3,(H2,25,31)(H,26,33)(H,27,32). The zero-order valence-corrected chi connectivity index (χ0v) is 21.8. The van der Waals surface area contributed by atoms with Gasteiger partial charge in [-0.1, -0.05) is 13.8 Å². The van der Waals surface area contributed by atoms with Gasteiger partial charge in [-0.25, -0.2) is 4.79 Å². The summed E-state index contributed by atoms with van der Waals surface area (Å²) in [4.78, 5) is 64.8. The molecule has 2 aliphatic rings. The maximum Gasteiger partial charge on any atom is 0.433 e. The van der Waals surface area contributed by atoms with E-state index in [9.17, 15) is 29.2 Å². The molecule has 2 heterocycles.